The van der Waals surface area contributed by atoms with Crippen molar-refractivity contribution in [3.8, 4) is 17.0 Å². The summed E-state index contributed by atoms with van der Waals surface area (Å²) < 4.78 is 7.28. The first kappa shape index (κ1) is 22.0. The molecule has 2 N–H and O–H groups in total. The number of ether oxygens (including phenoxy) is 1. The number of hydrogen-bond donors (Lipinski definition) is 2. The van der Waals surface area contributed by atoms with Gasteiger partial charge in [0, 0.05) is 42.3 Å². The summed E-state index contributed by atoms with van der Waals surface area (Å²) in [6, 6.07) is 8.75. The molecule has 4 heterocycles. The van der Waals surface area contributed by atoms with Gasteiger partial charge >= 0.3 is 0 Å². The Balaban J connectivity index is 1.11. The SMILES string of the molecule is COc1cc(-c2cn(Cc3ccc(N4CCCC(NCC5CCC5)C4)nc3)nn2)c2cn[nH]c2c1. The molecule has 0 bridgehead atoms. The third kappa shape index (κ3) is 4.73. The molecule has 0 radical (unpaired) electrons. The molecule has 4 aromatic rings. The molecular weight excluding hydrogens is 440 g/mol. The highest BCUT2D eigenvalue weighted by atomic mass is 16.5. The van der Waals surface area contributed by atoms with E-state index in [1.54, 1.807) is 13.3 Å². The average molecular weight is 473 g/mol. The molecule has 9 heteroatoms. The van der Waals surface area contributed by atoms with Crippen molar-refractivity contribution in [2.45, 2.75) is 44.7 Å². The Morgan fingerprint density at radius 2 is 2.09 bits per heavy atom. The quantitative estimate of drug-likeness (QED) is 0.404. The van der Waals surface area contributed by atoms with E-state index in [0.29, 0.717) is 12.6 Å². The number of methoxy groups -OCH3 is 1. The molecule has 1 unspecified atom stereocenters. The molecule has 1 aliphatic heterocycles. The van der Waals surface area contributed by atoms with Gasteiger partial charge in [-0.05, 0) is 55.8 Å². The van der Waals surface area contributed by atoms with Gasteiger partial charge in [-0.1, -0.05) is 17.7 Å². The van der Waals surface area contributed by atoms with Crippen LogP contribution in [0.2, 0.25) is 0 Å². The van der Waals surface area contributed by atoms with Gasteiger partial charge in [0.1, 0.15) is 17.3 Å². The van der Waals surface area contributed by atoms with Crippen molar-refractivity contribution >= 4 is 16.7 Å². The largest absolute Gasteiger partial charge is 0.497 e. The van der Waals surface area contributed by atoms with E-state index in [1.165, 1.54) is 38.6 Å². The van der Waals surface area contributed by atoms with Crippen LogP contribution in [0, 0.1) is 5.92 Å². The van der Waals surface area contributed by atoms with Gasteiger partial charge in [-0.15, -0.1) is 5.10 Å². The number of H-pyrrole nitrogens is 1. The number of nitrogens with zero attached hydrogens (tertiary/aromatic N) is 6. The van der Waals surface area contributed by atoms with Crippen LogP contribution in [0.25, 0.3) is 22.2 Å². The van der Waals surface area contributed by atoms with Gasteiger partial charge in [-0.25, -0.2) is 9.67 Å². The molecule has 1 atom stereocenters. The number of piperidine rings is 1. The van der Waals surface area contributed by atoms with Crippen LogP contribution in [0.5, 0.6) is 5.75 Å². The highest BCUT2D eigenvalue weighted by molar-refractivity contribution is 5.94. The summed E-state index contributed by atoms with van der Waals surface area (Å²) in [6.07, 6.45) is 12.4. The van der Waals surface area contributed by atoms with Crippen LogP contribution < -0.4 is 15.0 Å². The Morgan fingerprint density at radius 3 is 2.89 bits per heavy atom. The number of benzene rings is 1. The van der Waals surface area contributed by atoms with Crippen LogP contribution in [0.15, 0.2) is 42.9 Å². The van der Waals surface area contributed by atoms with Crippen molar-refractivity contribution in [1.82, 2.24) is 35.5 Å². The van der Waals surface area contributed by atoms with E-state index in [4.69, 9.17) is 9.72 Å². The zero-order valence-corrected chi connectivity index (χ0v) is 20.2. The Hall–Kier alpha value is -3.46. The number of rotatable bonds is 8. The molecule has 6 rings (SSSR count). The lowest BCUT2D eigenvalue weighted by Crippen LogP contribution is -2.47. The van der Waals surface area contributed by atoms with Crippen LogP contribution in [-0.4, -0.2) is 63.0 Å². The monoisotopic (exact) mass is 472 g/mol. The molecule has 1 aromatic carbocycles. The zero-order chi connectivity index (χ0) is 23.6. The maximum absolute atomic E-state index is 5.44. The van der Waals surface area contributed by atoms with Crippen LogP contribution in [0.3, 0.4) is 0 Å². The third-order valence-electron chi connectivity index (χ3n) is 7.40. The number of pyridine rings is 1. The minimum Gasteiger partial charge on any atom is -0.497 e. The normalized spacial score (nSPS) is 18.7. The Kier molecular flexibility index (Phi) is 6.08. The highest BCUT2D eigenvalue weighted by Crippen LogP contribution is 2.31. The lowest BCUT2D eigenvalue weighted by atomic mass is 9.85. The van der Waals surface area contributed by atoms with E-state index >= 15 is 0 Å². The second-order valence-corrected chi connectivity index (χ2v) is 9.82. The summed E-state index contributed by atoms with van der Waals surface area (Å²) in [6.45, 7) is 3.90. The number of aromatic amines is 1. The summed E-state index contributed by atoms with van der Waals surface area (Å²) in [5, 5.41) is 20.7. The third-order valence-corrected chi connectivity index (χ3v) is 7.40. The summed E-state index contributed by atoms with van der Waals surface area (Å²) >= 11 is 0. The van der Waals surface area contributed by atoms with Crippen LogP contribution in [0.4, 0.5) is 5.82 Å². The maximum Gasteiger partial charge on any atom is 0.128 e. The van der Waals surface area contributed by atoms with Gasteiger partial charge in [0.15, 0.2) is 0 Å². The lowest BCUT2D eigenvalue weighted by molar-refractivity contribution is 0.280. The Morgan fingerprint density at radius 1 is 1.14 bits per heavy atom. The zero-order valence-electron chi connectivity index (χ0n) is 20.2. The first-order valence-corrected chi connectivity index (χ1v) is 12.6. The highest BCUT2D eigenvalue weighted by Gasteiger charge is 2.23. The van der Waals surface area contributed by atoms with Gasteiger partial charge in [-0.3, -0.25) is 5.10 Å². The van der Waals surface area contributed by atoms with E-state index in [1.807, 2.05) is 29.2 Å². The number of anilines is 1. The fraction of sp³-hybridized carbons (Fsp3) is 0.462. The number of nitrogens with one attached hydrogen (secondary N) is 2. The van der Waals surface area contributed by atoms with Crippen LogP contribution in [0.1, 0.15) is 37.7 Å². The standard InChI is InChI=1S/C26H32N8O/c1-35-21-10-22(23-14-29-30-24(23)11-21)25-17-34(32-31-25)15-19-7-8-26(28-13-19)33-9-3-6-20(16-33)27-12-18-4-2-5-18/h7-8,10-11,13-14,17-18,20,27H,2-6,9,12,15-16H2,1H3,(H,29,30). The summed E-state index contributed by atoms with van der Waals surface area (Å²) in [5.41, 5.74) is 3.74. The van der Waals surface area contributed by atoms with Gasteiger partial charge in [-0.2, -0.15) is 5.10 Å². The predicted molar refractivity (Wildman–Crippen MR) is 136 cm³/mol. The molecule has 2 aliphatic rings. The second kappa shape index (κ2) is 9.65. The van der Waals surface area contributed by atoms with E-state index in [-0.39, 0.29) is 0 Å². The molecule has 1 saturated carbocycles. The van der Waals surface area contributed by atoms with E-state index in [0.717, 1.165) is 58.3 Å². The molecule has 1 aliphatic carbocycles. The first-order valence-electron chi connectivity index (χ1n) is 12.6. The fourth-order valence-electron chi connectivity index (χ4n) is 5.12. The summed E-state index contributed by atoms with van der Waals surface area (Å²) in [7, 11) is 1.66. The van der Waals surface area contributed by atoms with E-state index < -0.39 is 0 Å². The number of fused-ring (bicyclic) bond motifs is 1. The Labute approximate surface area is 204 Å². The minimum atomic E-state index is 0.567. The van der Waals surface area contributed by atoms with E-state index in [9.17, 15) is 0 Å². The molecule has 1 saturated heterocycles. The maximum atomic E-state index is 5.44. The first-order chi connectivity index (χ1) is 17.2. The summed E-state index contributed by atoms with van der Waals surface area (Å²) in [5.74, 6) is 2.71. The van der Waals surface area contributed by atoms with Gasteiger partial charge < -0.3 is 15.0 Å². The molecule has 0 amide bonds. The van der Waals surface area contributed by atoms with Gasteiger partial charge in [0.25, 0.3) is 0 Å². The van der Waals surface area contributed by atoms with Crippen molar-refractivity contribution in [1.29, 1.82) is 0 Å². The minimum absolute atomic E-state index is 0.567. The van der Waals surface area contributed by atoms with Gasteiger partial charge in [0.2, 0.25) is 0 Å². The van der Waals surface area contributed by atoms with E-state index in [2.05, 4.69) is 42.9 Å². The van der Waals surface area contributed by atoms with Crippen molar-refractivity contribution in [3.63, 3.8) is 0 Å². The van der Waals surface area contributed by atoms with Crippen LogP contribution in [-0.2, 0) is 6.54 Å². The molecule has 2 fully saturated rings. The van der Waals surface area contributed by atoms with Crippen molar-refractivity contribution < 1.29 is 4.74 Å². The molecule has 0 spiro atoms. The molecule has 3 aromatic heterocycles. The average Bonchev–Trinajstić information content (AvgIpc) is 3.53. The topological polar surface area (TPSA) is 96.8 Å². The predicted octanol–water partition coefficient (Wildman–Crippen LogP) is 3.63. The Bertz CT molecular complexity index is 1280. The van der Waals surface area contributed by atoms with Gasteiger partial charge in [0.05, 0.1) is 31.6 Å². The van der Waals surface area contributed by atoms with Crippen molar-refractivity contribution in [3.05, 3.63) is 48.4 Å². The smallest absolute Gasteiger partial charge is 0.128 e. The van der Waals surface area contributed by atoms with Crippen molar-refractivity contribution in [2.75, 3.05) is 31.6 Å². The second-order valence-electron chi connectivity index (χ2n) is 9.82. The molecular formula is C26H32N8O. The lowest BCUT2D eigenvalue weighted by Gasteiger charge is -2.36. The van der Waals surface area contributed by atoms with Crippen molar-refractivity contribution in [2.24, 2.45) is 5.92 Å². The molecule has 35 heavy (non-hydrogen) atoms. The molecule has 9 nitrogen and oxygen atoms in total. The van der Waals surface area contributed by atoms with Crippen LogP contribution >= 0.6 is 0 Å². The summed E-state index contributed by atoms with van der Waals surface area (Å²) in [4.78, 5) is 7.20. The number of hydrogen-bond acceptors (Lipinski definition) is 7. The molecule has 182 valence electrons. The fourth-order valence-corrected chi connectivity index (χ4v) is 5.12. The number of aromatic nitrogens is 6.